The summed E-state index contributed by atoms with van der Waals surface area (Å²) in [5, 5.41) is 3.70. The molecule has 0 aromatic carbocycles. The summed E-state index contributed by atoms with van der Waals surface area (Å²) in [5.41, 5.74) is 7.37. The van der Waals surface area contributed by atoms with Crippen LogP contribution in [0, 0.1) is 6.92 Å². The van der Waals surface area contributed by atoms with Crippen molar-refractivity contribution in [3.63, 3.8) is 0 Å². The highest BCUT2D eigenvalue weighted by atomic mass is 16.5. The monoisotopic (exact) mass is 126 g/mol. The SMILES string of the molecule is Cc1nocc1CCN. The second kappa shape index (κ2) is 2.64. The molecule has 2 N–H and O–H groups in total. The minimum absolute atomic E-state index is 0.655. The molecule has 0 fully saturated rings. The molecule has 1 rings (SSSR count). The molecule has 1 aromatic rings. The van der Waals surface area contributed by atoms with E-state index in [4.69, 9.17) is 10.3 Å². The van der Waals surface area contributed by atoms with Crippen molar-refractivity contribution in [2.75, 3.05) is 6.54 Å². The average Bonchev–Trinajstić information content (AvgIpc) is 2.18. The van der Waals surface area contributed by atoms with Crippen molar-refractivity contribution in [2.45, 2.75) is 13.3 Å². The number of nitrogens with two attached hydrogens (primary N) is 1. The standard InChI is InChI=1S/C6H10N2O/c1-5-6(2-3-7)4-9-8-5/h4H,2-3,7H2,1H3. The van der Waals surface area contributed by atoms with E-state index >= 15 is 0 Å². The van der Waals surface area contributed by atoms with Crippen LogP contribution in [0.4, 0.5) is 0 Å². The molecular weight excluding hydrogens is 116 g/mol. The summed E-state index contributed by atoms with van der Waals surface area (Å²) in [7, 11) is 0. The van der Waals surface area contributed by atoms with Crippen LogP contribution in [0.5, 0.6) is 0 Å². The minimum atomic E-state index is 0.655. The van der Waals surface area contributed by atoms with Gasteiger partial charge in [0.1, 0.15) is 6.26 Å². The molecule has 0 saturated carbocycles. The average molecular weight is 126 g/mol. The zero-order chi connectivity index (χ0) is 6.69. The Hall–Kier alpha value is -0.830. The second-order valence-corrected chi connectivity index (χ2v) is 1.96. The number of hydrogen-bond donors (Lipinski definition) is 1. The van der Waals surface area contributed by atoms with Gasteiger partial charge in [0, 0.05) is 5.56 Å². The number of rotatable bonds is 2. The smallest absolute Gasteiger partial charge is 0.127 e. The Labute approximate surface area is 53.8 Å². The lowest BCUT2D eigenvalue weighted by Gasteiger charge is -1.88. The first-order chi connectivity index (χ1) is 4.34. The van der Waals surface area contributed by atoms with Crippen molar-refractivity contribution in [2.24, 2.45) is 5.73 Å². The van der Waals surface area contributed by atoms with Crippen LogP contribution >= 0.6 is 0 Å². The summed E-state index contributed by atoms with van der Waals surface area (Å²) in [6.07, 6.45) is 2.50. The second-order valence-electron chi connectivity index (χ2n) is 1.96. The molecule has 0 amide bonds. The first-order valence-electron chi connectivity index (χ1n) is 2.94. The van der Waals surface area contributed by atoms with Crippen molar-refractivity contribution < 1.29 is 4.52 Å². The van der Waals surface area contributed by atoms with Gasteiger partial charge in [-0.25, -0.2) is 0 Å². The summed E-state index contributed by atoms with van der Waals surface area (Å²) in [5.74, 6) is 0. The Morgan fingerprint density at radius 1 is 1.78 bits per heavy atom. The van der Waals surface area contributed by atoms with E-state index in [-0.39, 0.29) is 0 Å². The minimum Gasteiger partial charge on any atom is -0.364 e. The molecule has 1 aromatic heterocycles. The van der Waals surface area contributed by atoms with E-state index in [2.05, 4.69) is 5.16 Å². The van der Waals surface area contributed by atoms with Crippen LogP contribution in [0.2, 0.25) is 0 Å². The Bertz CT molecular complexity index is 183. The first-order valence-corrected chi connectivity index (χ1v) is 2.94. The molecule has 50 valence electrons. The molecule has 0 saturated heterocycles. The van der Waals surface area contributed by atoms with Gasteiger partial charge in [0.05, 0.1) is 5.69 Å². The van der Waals surface area contributed by atoms with Crippen LogP contribution in [-0.4, -0.2) is 11.7 Å². The third-order valence-electron chi connectivity index (χ3n) is 1.26. The van der Waals surface area contributed by atoms with E-state index in [0.29, 0.717) is 6.54 Å². The molecule has 0 unspecified atom stereocenters. The van der Waals surface area contributed by atoms with Gasteiger partial charge in [-0.15, -0.1) is 0 Å². The van der Waals surface area contributed by atoms with Crippen LogP contribution < -0.4 is 5.73 Å². The van der Waals surface area contributed by atoms with Crippen molar-refractivity contribution in [1.29, 1.82) is 0 Å². The molecule has 0 spiro atoms. The van der Waals surface area contributed by atoms with Gasteiger partial charge >= 0.3 is 0 Å². The van der Waals surface area contributed by atoms with Gasteiger partial charge in [-0.3, -0.25) is 0 Å². The fourth-order valence-electron chi connectivity index (χ4n) is 0.708. The molecule has 0 aliphatic rings. The molecule has 1 heterocycles. The molecule has 0 aliphatic carbocycles. The summed E-state index contributed by atoms with van der Waals surface area (Å²) < 4.78 is 4.69. The number of hydrogen-bond acceptors (Lipinski definition) is 3. The summed E-state index contributed by atoms with van der Waals surface area (Å²) in [4.78, 5) is 0. The zero-order valence-corrected chi connectivity index (χ0v) is 5.42. The maximum absolute atomic E-state index is 5.32. The Balaban J connectivity index is 2.69. The predicted molar refractivity (Wildman–Crippen MR) is 34.0 cm³/mol. The Morgan fingerprint density at radius 2 is 2.56 bits per heavy atom. The van der Waals surface area contributed by atoms with Crippen LogP contribution in [0.3, 0.4) is 0 Å². The molecule has 9 heavy (non-hydrogen) atoms. The maximum Gasteiger partial charge on any atom is 0.127 e. The fraction of sp³-hybridized carbons (Fsp3) is 0.500. The van der Waals surface area contributed by atoms with Gasteiger partial charge < -0.3 is 10.3 Å². The highest BCUT2D eigenvalue weighted by Gasteiger charge is 1.98. The van der Waals surface area contributed by atoms with E-state index in [1.807, 2.05) is 6.92 Å². The third-order valence-corrected chi connectivity index (χ3v) is 1.26. The number of aromatic nitrogens is 1. The number of aryl methyl sites for hydroxylation is 1. The first kappa shape index (κ1) is 6.29. The molecule has 3 heteroatoms. The largest absolute Gasteiger partial charge is 0.364 e. The van der Waals surface area contributed by atoms with Crippen LogP contribution in [0.25, 0.3) is 0 Å². The predicted octanol–water partition coefficient (Wildman–Crippen LogP) is 0.484. The molecule has 0 aliphatic heterocycles. The summed E-state index contributed by atoms with van der Waals surface area (Å²) >= 11 is 0. The summed E-state index contributed by atoms with van der Waals surface area (Å²) in [6, 6.07) is 0. The Kier molecular flexibility index (Phi) is 1.85. The topological polar surface area (TPSA) is 52.0 Å². The summed E-state index contributed by atoms with van der Waals surface area (Å²) in [6.45, 7) is 2.57. The maximum atomic E-state index is 5.32. The third kappa shape index (κ3) is 1.29. The van der Waals surface area contributed by atoms with E-state index in [1.165, 1.54) is 0 Å². The highest BCUT2D eigenvalue weighted by molar-refractivity contribution is 5.12. The van der Waals surface area contributed by atoms with E-state index < -0.39 is 0 Å². The fourth-order valence-corrected chi connectivity index (χ4v) is 0.708. The van der Waals surface area contributed by atoms with Gasteiger partial charge in [0.2, 0.25) is 0 Å². The lowest BCUT2D eigenvalue weighted by molar-refractivity contribution is 0.414. The van der Waals surface area contributed by atoms with Gasteiger partial charge in [0.15, 0.2) is 0 Å². The normalized spacial score (nSPS) is 10.0. The van der Waals surface area contributed by atoms with E-state index in [0.717, 1.165) is 17.7 Å². The molecular formula is C6H10N2O. The quantitative estimate of drug-likeness (QED) is 0.627. The zero-order valence-electron chi connectivity index (χ0n) is 5.42. The number of nitrogens with zero attached hydrogens (tertiary/aromatic N) is 1. The molecule has 0 bridgehead atoms. The van der Waals surface area contributed by atoms with Crippen LogP contribution in [-0.2, 0) is 6.42 Å². The van der Waals surface area contributed by atoms with Gasteiger partial charge in [0.25, 0.3) is 0 Å². The van der Waals surface area contributed by atoms with Gasteiger partial charge in [-0.2, -0.15) is 0 Å². The van der Waals surface area contributed by atoms with Crippen LogP contribution in [0.1, 0.15) is 11.3 Å². The molecule has 0 atom stereocenters. The van der Waals surface area contributed by atoms with Crippen molar-refractivity contribution in [3.8, 4) is 0 Å². The van der Waals surface area contributed by atoms with E-state index in [9.17, 15) is 0 Å². The van der Waals surface area contributed by atoms with Crippen molar-refractivity contribution >= 4 is 0 Å². The Morgan fingerprint density at radius 3 is 3.00 bits per heavy atom. The lowest BCUT2D eigenvalue weighted by Crippen LogP contribution is -2.02. The molecule has 3 nitrogen and oxygen atoms in total. The van der Waals surface area contributed by atoms with Crippen LogP contribution in [0.15, 0.2) is 10.8 Å². The lowest BCUT2D eigenvalue weighted by atomic mass is 10.2. The highest BCUT2D eigenvalue weighted by Crippen LogP contribution is 2.03. The van der Waals surface area contributed by atoms with Gasteiger partial charge in [-0.1, -0.05) is 5.16 Å². The van der Waals surface area contributed by atoms with Crippen molar-refractivity contribution in [1.82, 2.24) is 5.16 Å². The van der Waals surface area contributed by atoms with E-state index in [1.54, 1.807) is 6.26 Å². The van der Waals surface area contributed by atoms with Crippen molar-refractivity contribution in [3.05, 3.63) is 17.5 Å². The van der Waals surface area contributed by atoms with Gasteiger partial charge in [-0.05, 0) is 19.9 Å². The molecule has 0 radical (unpaired) electrons.